The fraction of sp³-hybridized carbons (Fsp3) is 0.353. The zero-order chi connectivity index (χ0) is 21.9. The minimum absolute atomic E-state index is 0.0222. The molecular weight excluding hydrogens is 442 g/mol. The summed E-state index contributed by atoms with van der Waals surface area (Å²) < 4.78 is 67.2. The lowest BCUT2D eigenvalue weighted by atomic mass is 10.0. The first-order valence-corrected chi connectivity index (χ1v) is 9.93. The minimum Gasteiger partial charge on any atom is -0.476 e. The quantitative estimate of drug-likeness (QED) is 0.446. The normalized spacial score (nSPS) is 16.3. The monoisotopic (exact) mass is 457 g/mol. The Bertz CT molecular complexity index is 1260. The van der Waals surface area contributed by atoms with Crippen LogP contribution in [0.5, 0.6) is 11.8 Å². The third kappa shape index (κ3) is 3.22. The molecule has 5 rings (SSSR count). The molecule has 0 aromatic carbocycles. The molecule has 1 aliphatic heterocycles. The van der Waals surface area contributed by atoms with E-state index in [1.165, 1.54) is 33.9 Å². The maximum Gasteiger partial charge on any atom is 0.388 e. The number of hydrogen-bond donors (Lipinski definition) is 2. The van der Waals surface area contributed by atoms with Crippen LogP contribution in [0.25, 0.3) is 32.7 Å². The van der Waals surface area contributed by atoms with Gasteiger partial charge in [0, 0.05) is 18.8 Å². The maximum atomic E-state index is 13.9. The maximum absolute atomic E-state index is 13.9. The van der Waals surface area contributed by atoms with E-state index >= 15 is 0 Å². The molecule has 0 fully saturated rings. The van der Waals surface area contributed by atoms with Gasteiger partial charge in [-0.2, -0.15) is 13.9 Å². The smallest absolute Gasteiger partial charge is 0.388 e. The molecule has 0 amide bonds. The van der Waals surface area contributed by atoms with Crippen LogP contribution in [-0.4, -0.2) is 48.8 Å². The zero-order valence-corrected chi connectivity index (χ0v) is 16.7. The molecule has 1 atom stereocenters. The van der Waals surface area contributed by atoms with Crippen molar-refractivity contribution in [1.82, 2.24) is 29.5 Å². The molecule has 31 heavy (non-hydrogen) atoms. The molecule has 164 valence electrons. The Balaban J connectivity index is 1.79. The number of aromatic nitrogens is 6. The van der Waals surface area contributed by atoms with Gasteiger partial charge in [-0.25, -0.2) is 18.4 Å². The first-order valence-electron chi connectivity index (χ1n) is 9.05. The summed E-state index contributed by atoms with van der Waals surface area (Å²) in [6, 6.07) is -0.400. The van der Waals surface area contributed by atoms with Crippen LogP contribution in [0, 0.1) is 0 Å². The molecule has 5 heterocycles. The van der Waals surface area contributed by atoms with Crippen molar-refractivity contribution < 1.29 is 27.0 Å². The Labute approximate surface area is 175 Å². The highest BCUT2D eigenvalue weighted by atomic mass is 32.1. The van der Waals surface area contributed by atoms with Crippen molar-refractivity contribution in [2.75, 3.05) is 6.61 Å². The third-order valence-electron chi connectivity index (χ3n) is 4.78. The first-order chi connectivity index (χ1) is 14.8. The van der Waals surface area contributed by atoms with E-state index in [2.05, 4.69) is 24.9 Å². The van der Waals surface area contributed by atoms with Gasteiger partial charge < -0.3 is 20.2 Å². The van der Waals surface area contributed by atoms with E-state index in [0.29, 0.717) is 15.9 Å². The van der Waals surface area contributed by atoms with Crippen molar-refractivity contribution in [2.45, 2.75) is 25.6 Å². The number of rotatable bonds is 5. The summed E-state index contributed by atoms with van der Waals surface area (Å²) in [5.74, 6) is -0.219. The van der Waals surface area contributed by atoms with E-state index in [1.807, 2.05) is 0 Å². The van der Waals surface area contributed by atoms with Gasteiger partial charge in [-0.05, 0) is 0 Å². The van der Waals surface area contributed by atoms with Gasteiger partial charge in [0.2, 0.25) is 11.8 Å². The number of aromatic amines is 1. The molecular formula is C17H15F4N7O2S. The predicted octanol–water partition coefficient (Wildman–Crippen LogP) is 3.15. The Hall–Kier alpha value is -3.13. The molecule has 1 aliphatic rings. The van der Waals surface area contributed by atoms with E-state index in [0.717, 1.165) is 0 Å². The average Bonchev–Trinajstić information content (AvgIpc) is 3.42. The van der Waals surface area contributed by atoms with Gasteiger partial charge in [0.1, 0.15) is 17.9 Å². The number of nitrogens with zero attached hydrogens (tertiary/aromatic N) is 5. The van der Waals surface area contributed by atoms with Gasteiger partial charge in [0.25, 0.3) is 6.43 Å². The van der Waals surface area contributed by atoms with Crippen LogP contribution in [0.15, 0.2) is 11.7 Å². The fourth-order valence-corrected chi connectivity index (χ4v) is 4.45. The van der Waals surface area contributed by atoms with Crippen LogP contribution in [0.3, 0.4) is 0 Å². The summed E-state index contributed by atoms with van der Waals surface area (Å²) in [6.07, 6.45) is -1.45. The van der Waals surface area contributed by atoms with Crippen molar-refractivity contribution in [3.63, 3.8) is 0 Å². The molecule has 0 radical (unpaired) electrons. The number of nitrogens with one attached hydrogen (secondary N) is 1. The van der Waals surface area contributed by atoms with Gasteiger partial charge in [0.15, 0.2) is 0 Å². The zero-order valence-electron chi connectivity index (χ0n) is 15.9. The molecule has 0 bridgehead atoms. The molecule has 0 saturated carbocycles. The third-order valence-corrected chi connectivity index (χ3v) is 5.63. The number of fused-ring (bicyclic) bond motifs is 2. The number of hydrogen-bond acceptors (Lipinski definition) is 7. The second-order valence-corrected chi connectivity index (χ2v) is 7.78. The first kappa shape index (κ1) is 19.8. The van der Waals surface area contributed by atoms with E-state index in [9.17, 15) is 17.6 Å². The lowest BCUT2D eigenvalue weighted by Gasteiger charge is -2.21. The number of H-pyrrole nitrogens is 1. The molecule has 14 heteroatoms. The van der Waals surface area contributed by atoms with Crippen molar-refractivity contribution in [2.24, 2.45) is 12.8 Å². The van der Waals surface area contributed by atoms with Crippen molar-refractivity contribution in [3.8, 4) is 34.1 Å². The number of aryl methyl sites for hydroxylation is 1. The fourth-order valence-electron chi connectivity index (χ4n) is 3.65. The molecule has 0 unspecified atom stereocenters. The largest absolute Gasteiger partial charge is 0.476 e. The average molecular weight is 457 g/mol. The summed E-state index contributed by atoms with van der Waals surface area (Å²) in [4.78, 5) is 7.22. The summed E-state index contributed by atoms with van der Waals surface area (Å²) >= 11 is 1.22. The van der Waals surface area contributed by atoms with Gasteiger partial charge in [-0.15, -0.1) is 16.4 Å². The molecule has 4 aromatic heterocycles. The van der Waals surface area contributed by atoms with Gasteiger partial charge >= 0.3 is 6.61 Å². The SMILES string of the molecule is Cn1cc(-c2c(-c3c(C(F)F)nn4c3OC[C@@H](N)C4)[nH]c3ncsc23)c(OC(F)F)n1. The van der Waals surface area contributed by atoms with Crippen LogP contribution in [-0.2, 0) is 13.6 Å². The van der Waals surface area contributed by atoms with Gasteiger partial charge in [-0.3, -0.25) is 4.68 Å². The van der Waals surface area contributed by atoms with Crippen LogP contribution < -0.4 is 15.2 Å². The number of nitrogens with two attached hydrogens (primary N) is 1. The van der Waals surface area contributed by atoms with Crippen molar-refractivity contribution >= 4 is 21.7 Å². The Morgan fingerprint density at radius 1 is 1.29 bits per heavy atom. The van der Waals surface area contributed by atoms with E-state index in [4.69, 9.17) is 10.5 Å². The van der Waals surface area contributed by atoms with E-state index < -0.39 is 24.8 Å². The molecule has 0 saturated heterocycles. The van der Waals surface area contributed by atoms with E-state index in [1.54, 1.807) is 5.51 Å². The Morgan fingerprint density at radius 3 is 2.84 bits per heavy atom. The molecule has 0 aliphatic carbocycles. The molecule has 0 spiro atoms. The lowest BCUT2D eigenvalue weighted by Crippen LogP contribution is -2.37. The topological polar surface area (TPSA) is 109 Å². The van der Waals surface area contributed by atoms with Crippen molar-refractivity contribution in [1.29, 1.82) is 0 Å². The number of halogens is 4. The van der Waals surface area contributed by atoms with Crippen LogP contribution >= 0.6 is 11.3 Å². The van der Waals surface area contributed by atoms with Crippen molar-refractivity contribution in [3.05, 3.63) is 17.4 Å². The highest BCUT2D eigenvalue weighted by Gasteiger charge is 2.34. The number of ether oxygens (including phenoxy) is 2. The van der Waals surface area contributed by atoms with Gasteiger partial charge in [-0.1, -0.05) is 0 Å². The highest BCUT2D eigenvalue weighted by molar-refractivity contribution is 7.17. The molecule has 9 nitrogen and oxygen atoms in total. The van der Waals surface area contributed by atoms with Crippen LogP contribution in [0.1, 0.15) is 12.1 Å². The Kier molecular flexibility index (Phi) is 4.62. The molecule has 3 N–H and O–H groups in total. The van der Waals surface area contributed by atoms with Crippen LogP contribution in [0.2, 0.25) is 0 Å². The summed E-state index contributed by atoms with van der Waals surface area (Å²) in [7, 11) is 1.54. The highest BCUT2D eigenvalue weighted by Crippen LogP contribution is 2.48. The summed E-state index contributed by atoms with van der Waals surface area (Å²) in [6.45, 7) is -2.79. The number of alkyl halides is 4. The standard InChI is InChI=1S/C17H15F4N7O2S/c1-27-3-7(15(26-27)30-17(20)21)8-10(24-14-12(8)31-5-23-14)9-11(13(18)19)25-28-2-6(22)4-29-16(9)28/h3,5-6,13,17,24H,2,4,22H2,1H3/t6-/m0/s1. The second-order valence-electron chi connectivity index (χ2n) is 6.92. The summed E-state index contributed by atoms with van der Waals surface area (Å²) in [5, 5.41) is 7.94. The van der Waals surface area contributed by atoms with E-state index in [-0.39, 0.29) is 41.7 Å². The Morgan fingerprint density at radius 2 is 2.10 bits per heavy atom. The minimum atomic E-state index is -3.11. The summed E-state index contributed by atoms with van der Waals surface area (Å²) in [5.41, 5.74) is 8.07. The van der Waals surface area contributed by atoms with Gasteiger partial charge in [0.05, 0.1) is 39.6 Å². The van der Waals surface area contributed by atoms with Crippen LogP contribution in [0.4, 0.5) is 17.6 Å². The molecule has 4 aromatic rings. The number of thiazole rings is 1. The predicted molar refractivity (Wildman–Crippen MR) is 102 cm³/mol. The lowest BCUT2D eigenvalue weighted by molar-refractivity contribution is -0.0527. The second kappa shape index (κ2) is 7.23.